The van der Waals surface area contributed by atoms with Crippen LogP contribution in [-0.4, -0.2) is 18.2 Å². The van der Waals surface area contributed by atoms with Crippen LogP contribution in [0.4, 0.5) is 4.39 Å². The van der Waals surface area contributed by atoms with Crippen molar-refractivity contribution in [2.75, 3.05) is 6.61 Å². The first-order valence-corrected chi connectivity index (χ1v) is 7.52. The zero-order valence-electron chi connectivity index (χ0n) is 11.7. The van der Waals surface area contributed by atoms with Crippen LogP contribution in [0.25, 0.3) is 0 Å². The van der Waals surface area contributed by atoms with Crippen molar-refractivity contribution in [3.8, 4) is 0 Å². The van der Waals surface area contributed by atoms with Gasteiger partial charge in [0.1, 0.15) is 5.82 Å². The molecule has 19 heavy (non-hydrogen) atoms. The van der Waals surface area contributed by atoms with Crippen LogP contribution in [0, 0.1) is 5.82 Å². The van der Waals surface area contributed by atoms with Gasteiger partial charge < -0.3 is 10.1 Å². The Labute approximate surface area is 122 Å². The van der Waals surface area contributed by atoms with E-state index < -0.39 is 0 Å². The molecule has 1 aromatic rings. The summed E-state index contributed by atoms with van der Waals surface area (Å²) >= 11 is 3.28. The van der Waals surface area contributed by atoms with Crippen LogP contribution in [0.1, 0.15) is 45.2 Å². The summed E-state index contributed by atoms with van der Waals surface area (Å²) in [5.41, 5.74) is 0.626. The number of halogens is 2. The molecule has 1 aliphatic heterocycles. The lowest BCUT2D eigenvalue weighted by Crippen LogP contribution is -2.44. The van der Waals surface area contributed by atoms with Gasteiger partial charge in [-0.25, -0.2) is 4.39 Å². The van der Waals surface area contributed by atoms with E-state index in [2.05, 4.69) is 35.1 Å². The van der Waals surface area contributed by atoms with E-state index >= 15 is 0 Å². The van der Waals surface area contributed by atoms with Crippen molar-refractivity contribution >= 4 is 15.9 Å². The molecule has 1 saturated heterocycles. The Morgan fingerprint density at radius 1 is 1.47 bits per heavy atom. The highest BCUT2D eigenvalue weighted by Gasteiger charge is 2.29. The highest BCUT2D eigenvalue weighted by atomic mass is 79.9. The maximum absolute atomic E-state index is 13.9. The molecule has 1 N–H and O–H groups in total. The van der Waals surface area contributed by atoms with E-state index in [0.717, 1.165) is 23.9 Å². The summed E-state index contributed by atoms with van der Waals surface area (Å²) in [7, 11) is 0. The third-order valence-electron chi connectivity index (χ3n) is 3.61. The van der Waals surface area contributed by atoms with Crippen molar-refractivity contribution in [3.05, 3.63) is 34.1 Å². The molecular formula is C15H21BrFNO. The maximum atomic E-state index is 13.9. The Bertz CT molecular complexity index is 450. The number of ether oxygens (including phenoxy) is 1. The molecule has 0 aliphatic carbocycles. The molecule has 2 nitrogen and oxygen atoms in total. The van der Waals surface area contributed by atoms with Crippen molar-refractivity contribution in [1.29, 1.82) is 0 Å². The van der Waals surface area contributed by atoms with Gasteiger partial charge in [-0.05, 0) is 45.7 Å². The van der Waals surface area contributed by atoms with Gasteiger partial charge in [0.15, 0.2) is 0 Å². The number of hydrogen-bond acceptors (Lipinski definition) is 2. The zero-order chi connectivity index (χ0) is 14.0. The summed E-state index contributed by atoms with van der Waals surface area (Å²) < 4.78 is 20.4. The largest absolute Gasteiger partial charge is 0.375 e. The molecule has 0 amide bonds. The second kappa shape index (κ2) is 5.90. The van der Waals surface area contributed by atoms with Crippen LogP contribution in [0.2, 0.25) is 0 Å². The van der Waals surface area contributed by atoms with Gasteiger partial charge in [-0.15, -0.1) is 0 Å². The fourth-order valence-corrected chi connectivity index (χ4v) is 3.00. The minimum Gasteiger partial charge on any atom is -0.375 e. The second-order valence-electron chi connectivity index (χ2n) is 5.85. The minimum absolute atomic E-state index is 0.00648. The molecule has 0 spiro atoms. The third-order valence-corrected chi connectivity index (χ3v) is 4.11. The summed E-state index contributed by atoms with van der Waals surface area (Å²) in [5.74, 6) is -0.166. The fourth-order valence-electron chi connectivity index (χ4n) is 2.67. The molecular weight excluding hydrogens is 309 g/mol. The predicted octanol–water partition coefficient (Wildman–Crippen LogP) is 4.20. The highest BCUT2D eigenvalue weighted by Crippen LogP contribution is 2.27. The van der Waals surface area contributed by atoms with Crippen LogP contribution >= 0.6 is 15.9 Å². The van der Waals surface area contributed by atoms with E-state index in [0.29, 0.717) is 11.6 Å². The summed E-state index contributed by atoms with van der Waals surface area (Å²) in [6, 6.07) is 5.61. The molecule has 2 unspecified atom stereocenters. The molecule has 106 valence electrons. The van der Waals surface area contributed by atoms with Gasteiger partial charge in [-0.1, -0.05) is 22.0 Å². The van der Waals surface area contributed by atoms with Gasteiger partial charge >= 0.3 is 0 Å². The first kappa shape index (κ1) is 14.9. The van der Waals surface area contributed by atoms with Crippen molar-refractivity contribution in [2.24, 2.45) is 0 Å². The summed E-state index contributed by atoms with van der Waals surface area (Å²) in [4.78, 5) is 0. The van der Waals surface area contributed by atoms with E-state index in [1.807, 2.05) is 19.1 Å². The van der Waals surface area contributed by atoms with E-state index in [9.17, 15) is 4.39 Å². The summed E-state index contributed by atoms with van der Waals surface area (Å²) in [6.45, 7) is 6.98. The average molecular weight is 330 g/mol. The fraction of sp³-hybridized carbons (Fsp3) is 0.600. The maximum Gasteiger partial charge on any atom is 0.129 e. The molecule has 0 bridgehead atoms. The van der Waals surface area contributed by atoms with Crippen LogP contribution in [0.3, 0.4) is 0 Å². The topological polar surface area (TPSA) is 21.3 Å². The van der Waals surface area contributed by atoms with Crippen molar-refractivity contribution in [2.45, 2.75) is 51.3 Å². The Morgan fingerprint density at radius 3 is 2.84 bits per heavy atom. The van der Waals surface area contributed by atoms with E-state index in [4.69, 9.17) is 4.74 Å². The third kappa shape index (κ3) is 4.01. The first-order chi connectivity index (χ1) is 8.87. The lowest BCUT2D eigenvalue weighted by atomic mass is 9.93. The monoisotopic (exact) mass is 329 g/mol. The molecule has 1 heterocycles. The van der Waals surface area contributed by atoms with Crippen LogP contribution in [0.5, 0.6) is 0 Å². The molecule has 0 radical (unpaired) electrons. The van der Waals surface area contributed by atoms with Crippen LogP contribution in [-0.2, 0) is 4.74 Å². The van der Waals surface area contributed by atoms with Gasteiger partial charge in [-0.3, -0.25) is 0 Å². The van der Waals surface area contributed by atoms with E-state index in [1.54, 1.807) is 0 Å². The van der Waals surface area contributed by atoms with Gasteiger partial charge in [-0.2, -0.15) is 0 Å². The normalized spacial score (nSPS) is 24.2. The van der Waals surface area contributed by atoms with E-state index in [1.165, 1.54) is 6.07 Å². The highest BCUT2D eigenvalue weighted by molar-refractivity contribution is 9.10. The molecule has 1 aromatic carbocycles. The lowest BCUT2D eigenvalue weighted by molar-refractivity contribution is -0.0640. The Morgan fingerprint density at radius 2 is 2.21 bits per heavy atom. The molecule has 2 rings (SSSR count). The Hall–Kier alpha value is -0.450. The molecule has 2 atom stereocenters. The smallest absolute Gasteiger partial charge is 0.129 e. The molecule has 1 aliphatic rings. The predicted molar refractivity (Wildman–Crippen MR) is 78.7 cm³/mol. The molecule has 4 heteroatoms. The van der Waals surface area contributed by atoms with Gasteiger partial charge in [0, 0.05) is 28.7 Å². The van der Waals surface area contributed by atoms with Crippen LogP contribution < -0.4 is 5.32 Å². The van der Waals surface area contributed by atoms with Crippen LogP contribution in [0.15, 0.2) is 22.7 Å². The molecule has 0 aromatic heterocycles. The van der Waals surface area contributed by atoms with Gasteiger partial charge in [0.25, 0.3) is 0 Å². The Balaban J connectivity index is 2.02. The Kier molecular flexibility index (Phi) is 4.64. The van der Waals surface area contributed by atoms with Crippen molar-refractivity contribution < 1.29 is 9.13 Å². The average Bonchev–Trinajstić information content (AvgIpc) is 2.27. The summed E-state index contributed by atoms with van der Waals surface area (Å²) in [6.07, 6.45) is 1.93. The number of rotatable bonds is 3. The lowest BCUT2D eigenvalue weighted by Gasteiger charge is -2.37. The number of nitrogens with one attached hydrogen (secondary N) is 1. The van der Waals surface area contributed by atoms with Gasteiger partial charge in [0.2, 0.25) is 0 Å². The number of benzene rings is 1. The second-order valence-corrected chi connectivity index (χ2v) is 6.77. The standard InChI is InChI=1S/C15H21BrFNO/c1-10(13-5-4-11(16)8-14(13)17)18-12-6-7-19-15(2,3)9-12/h4-5,8,10,12,18H,6-7,9H2,1-3H3. The van der Waals surface area contributed by atoms with E-state index in [-0.39, 0.29) is 17.5 Å². The minimum atomic E-state index is -0.166. The SMILES string of the molecule is CC(NC1CCOC(C)(C)C1)c1ccc(Br)cc1F. The van der Waals surface area contributed by atoms with Crippen molar-refractivity contribution in [1.82, 2.24) is 5.32 Å². The molecule has 0 saturated carbocycles. The number of hydrogen-bond donors (Lipinski definition) is 1. The van der Waals surface area contributed by atoms with Crippen molar-refractivity contribution in [3.63, 3.8) is 0 Å². The molecule has 1 fully saturated rings. The van der Waals surface area contributed by atoms with Gasteiger partial charge in [0.05, 0.1) is 5.60 Å². The quantitative estimate of drug-likeness (QED) is 0.897. The first-order valence-electron chi connectivity index (χ1n) is 6.72. The summed E-state index contributed by atoms with van der Waals surface area (Å²) in [5, 5.41) is 3.52. The zero-order valence-corrected chi connectivity index (χ0v) is 13.3.